The SMILES string of the molecule is CC(C)(C)c1cc(-c2ccccc2)cc(C(C)(C)O)c1. The van der Waals surface area contributed by atoms with Crippen LogP contribution in [0.1, 0.15) is 45.7 Å². The quantitative estimate of drug-likeness (QED) is 0.823. The fourth-order valence-corrected chi connectivity index (χ4v) is 2.21. The molecule has 0 fully saturated rings. The Kier molecular flexibility index (Phi) is 3.75. The Bertz CT molecular complexity index is 551. The van der Waals surface area contributed by atoms with Crippen LogP contribution in [0.2, 0.25) is 0 Å². The van der Waals surface area contributed by atoms with Crippen molar-refractivity contribution in [3.05, 3.63) is 59.7 Å². The van der Waals surface area contributed by atoms with Gasteiger partial charge in [-0.1, -0.05) is 63.2 Å². The smallest absolute Gasteiger partial charge is 0.0840 e. The Labute approximate surface area is 122 Å². The first-order valence-corrected chi connectivity index (χ1v) is 7.12. The van der Waals surface area contributed by atoms with Crippen LogP contribution >= 0.6 is 0 Å². The monoisotopic (exact) mass is 268 g/mol. The van der Waals surface area contributed by atoms with Crippen LogP contribution in [0.4, 0.5) is 0 Å². The molecule has 2 aromatic carbocycles. The summed E-state index contributed by atoms with van der Waals surface area (Å²) in [5.74, 6) is 0. The van der Waals surface area contributed by atoms with Gasteiger partial charge in [0.1, 0.15) is 0 Å². The van der Waals surface area contributed by atoms with Crippen LogP contribution in [0.5, 0.6) is 0 Å². The van der Waals surface area contributed by atoms with E-state index in [0.717, 1.165) is 11.1 Å². The highest BCUT2D eigenvalue weighted by molar-refractivity contribution is 5.66. The molecule has 2 rings (SSSR count). The average Bonchev–Trinajstić information content (AvgIpc) is 2.37. The lowest BCUT2D eigenvalue weighted by Gasteiger charge is -2.25. The van der Waals surface area contributed by atoms with Gasteiger partial charge in [0.2, 0.25) is 0 Å². The largest absolute Gasteiger partial charge is 0.386 e. The van der Waals surface area contributed by atoms with Gasteiger partial charge in [0, 0.05) is 0 Å². The number of rotatable bonds is 2. The van der Waals surface area contributed by atoms with E-state index in [4.69, 9.17) is 0 Å². The lowest BCUT2D eigenvalue weighted by atomic mass is 9.82. The highest BCUT2D eigenvalue weighted by Gasteiger charge is 2.21. The van der Waals surface area contributed by atoms with Gasteiger partial charge in [-0.2, -0.15) is 0 Å². The van der Waals surface area contributed by atoms with E-state index in [1.54, 1.807) is 0 Å². The van der Waals surface area contributed by atoms with Gasteiger partial charge in [0.05, 0.1) is 5.60 Å². The molecule has 0 saturated heterocycles. The van der Waals surface area contributed by atoms with Crippen LogP contribution in [0.15, 0.2) is 48.5 Å². The fraction of sp³-hybridized carbons (Fsp3) is 0.368. The second kappa shape index (κ2) is 5.06. The van der Waals surface area contributed by atoms with Gasteiger partial charge in [-0.05, 0) is 47.6 Å². The zero-order chi connectivity index (χ0) is 15.0. The van der Waals surface area contributed by atoms with Crippen LogP contribution in [0, 0.1) is 0 Å². The Morgan fingerprint density at radius 1 is 0.700 bits per heavy atom. The molecule has 0 aliphatic rings. The van der Waals surface area contributed by atoms with Gasteiger partial charge in [0.25, 0.3) is 0 Å². The lowest BCUT2D eigenvalue weighted by Crippen LogP contribution is -2.18. The van der Waals surface area contributed by atoms with E-state index in [2.05, 4.69) is 51.1 Å². The number of hydrogen-bond acceptors (Lipinski definition) is 1. The summed E-state index contributed by atoms with van der Waals surface area (Å²) in [7, 11) is 0. The maximum atomic E-state index is 10.4. The summed E-state index contributed by atoms with van der Waals surface area (Å²) < 4.78 is 0. The van der Waals surface area contributed by atoms with Crippen molar-refractivity contribution < 1.29 is 5.11 Å². The molecule has 0 heterocycles. The minimum absolute atomic E-state index is 0.0603. The molecule has 106 valence electrons. The maximum Gasteiger partial charge on any atom is 0.0840 e. The molecule has 20 heavy (non-hydrogen) atoms. The minimum Gasteiger partial charge on any atom is -0.386 e. The second-order valence-corrected chi connectivity index (χ2v) is 6.97. The molecular weight excluding hydrogens is 244 g/mol. The number of hydrogen-bond donors (Lipinski definition) is 1. The van der Waals surface area contributed by atoms with Gasteiger partial charge >= 0.3 is 0 Å². The molecule has 0 radical (unpaired) electrons. The second-order valence-electron chi connectivity index (χ2n) is 6.97. The molecule has 2 aromatic rings. The van der Waals surface area contributed by atoms with Crippen molar-refractivity contribution >= 4 is 0 Å². The Hall–Kier alpha value is -1.60. The lowest BCUT2D eigenvalue weighted by molar-refractivity contribution is 0.0785. The van der Waals surface area contributed by atoms with Gasteiger partial charge in [-0.3, -0.25) is 0 Å². The first-order valence-electron chi connectivity index (χ1n) is 7.12. The highest BCUT2D eigenvalue weighted by atomic mass is 16.3. The molecule has 0 spiro atoms. The van der Waals surface area contributed by atoms with Gasteiger partial charge < -0.3 is 5.11 Å². The van der Waals surface area contributed by atoms with Crippen molar-refractivity contribution in [1.29, 1.82) is 0 Å². The molecule has 1 heteroatoms. The number of aliphatic hydroxyl groups is 1. The van der Waals surface area contributed by atoms with Crippen LogP contribution in [0.25, 0.3) is 11.1 Å². The first kappa shape index (κ1) is 14.8. The van der Waals surface area contributed by atoms with E-state index in [1.165, 1.54) is 11.1 Å². The van der Waals surface area contributed by atoms with E-state index in [0.29, 0.717) is 0 Å². The molecule has 0 bridgehead atoms. The fourth-order valence-electron chi connectivity index (χ4n) is 2.21. The normalized spacial score (nSPS) is 12.5. The molecular formula is C19H24O. The van der Waals surface area contributed by atoms with Crippen LogP contribution in [0.3, 0.4) is 0 Å². The van der Waals surface area contributed by atoms with Crippen LogP contribution < -0.4 is 0 Å². The summed E-state index contributed by atoms with van der Waals surface area (Å²) in [6.07, 6.45) is 0. The molecule has 0 aliphatic heterocycles. The molecule has 0 saturated carbocycles. The number of benzene rings is 2. The zero-order valence-corrected chi connectivity index (χ0v) is 13.1. The third kappa shape index (κ3) is 3.29. The molecule has 0 aromatic heterocycles. The third-order valence-electron chi connectivity index (χ3n) is 3.61. The summed E-state index contributed by atoms with van der Waals surface area (Å²) in [5, 5.41) is 10.4. The van der Waals surface area contributed by atoms with E-state index < -0.39 is 5.60 Å². The van der Waals surface area contributed by atoms with Crippen LogP contribution in [-0.2, 0) is 11.0 Å². The molecule has 0 unspecified atom stereocenters. The predicted molar refractivity (Wildman–Crippen MR) is 85.8 cm³/mol. The summed E-state index contributed by atoms with van der Waals surface area (Å²) >= 11 is 0. The Balaban J connectivity index is 2.64. The maximum absolute atomic E-state index is 10.4. The first-order chi connectivity index (χ1) is 9.18. The van der Waals surface area contributed by atoms with Crippen molar-refractivity contribution in [3.8, 4) is 11.1 Å². The molecule has 0 aliphatic carbocycles. The van der Waals surface area contributed by atoms with Crippen molar-refractivity contribution in [2.24, 2.45) is 0 Å². The molecule has 0 atom stereocenters. The van der Waals surface area contributed by atoms with Gasteiger partial charge in [-0.25, -0.2) is 0 Å². The van der Waals surface area contributed by atoms with Gasteiger partial charge in [0.15, 0.2) is 0 Å². The Morgan fingerprint density at radius 2 is 1.25 bits per heavy atom. The van der Waals surface area contributed by atoms with E-state index in [1.807, 2.05) is 32.0 Å². The van der Waals surface area contributed by atoms with Crippen LogP contribution in [-0.4, -0.2) is 5.11 Å². The van der Waals surface area contributed by atoms with Crippen molar-refractivity contribution in [2.45, 2.75) is 45.6 Å². The molecule has 0 amide bonds. The van der Waals surface area contributed by atoms with E-state index >= 15 is 0 Å². The minimum atomic E-state index is -0.829. The van der Waals surface area contributed by atoms with Crippen molar-refractivity contribution in [1.82, 2.24) is 0 Å². The predicted octanol–water partition coefficient (Wildman–Crippen LogP) is 4.88. The topological polar surface area (TPSA) is 20.2 Å². The summed E-state index contributed by atoms with van der Waals surface area (Å²) in [4.78, 5) is 0. The third-order valence-corrected chi connectivity index (χ3v) is 3.61. The van der Waals surface area contributed by atoms with E-state index in [-0.39, 0.29) is 5.41 Å². The standard InChI is InChI=1S/C19H24O/c1-18(2,3)16-11-15(14-9-7-6-8-10-14)12-17(13-16)19(4,5)20/h6-13,20H,1-5H3. The zero-order valence-electron chi connectivity index (χ0n) is 13.1. The molecule has 1 nitrogen and oxygen atoms in total. The molecule has 1 N–H and O–H groups in total. The summed E-state index contributed by atoms with van der Waals surface area (Å²) in [6.45, 7) is 10.3. The van der Waals surface area contributed by atoms with Crippen molar-refractivity contribution in [2.75, 3.05) is 0 Å². The van der Waals surface area contributed by atoms with Gasteiger partial charge in [-0.15, -0.1) is 0 Å². The van der Waals surface area contributed by atoms with Crippen molar-refractivity contribution in [3.63, 3.8) is 0 Å². The Morgan fingerprint density at radius 3 is 1.75 bits per heavy atom. The van der Waals surface area contributed by atoms with E-state index in [9.17, 15) is 5.11 Å². The highest BCUT2D eigenvalue weighted by Crippen LogP contribution is 2.32. The summed E-state index contributed by atoms with van der Waals surface area (Å²) in [6, 6.07) is 16.8. The average molecular weight is 268 g/mol. The summed E-state index contributed by atoms with van der Waals surface area (Å²) in [5.41, 5.74) is 3.79.